The topological polar surface area (TPSA) is 128 Å². The zero-order valence-electron chi connectivity index (χ0n) is 20.5. The second kappa shape index (κ2) is 13.6. The van der Waals surface area contributed by atoms with Crippen molar-refractivity contribution in [2.45, 2.75) is 52.3 Å². The smallest absolute Gasteiger partial charge is 0.243 e. The molecule has 0 aliphatic carbocycles. The highest BCUT2D eigenvalue weighted by atomic mass is 32.2. The third-order valence-corrected chi connectivity index (χ3v) is 6.36. The summed E-state index contributed by atoms with van der Waals surface area (Å²) < 4.78 is 25.8. The lowest BCUT2D eigenvalue weighted by atomic mass is 9.98. The first-order chi connectivity index (χ1) is 15.3. The molecule has 188 valence electrons. The summed E-state index contributed by atoms with van der Waals surface area (Å²) in [6.45, 7) is 7.62. The van der Waals surface area contributed by atoms with E-state index in [2.05, 4.69) is 16.0 Å². The molecule has 0 fully saturated rings. The van der Waals surface area contributed by atoms with E-state index >= 15 is 0 Å². The minimum atomic E-state index is -3.55. The van der Waals surface area contributed by atoms with E-state index in [0.29, 0.717) is 6.42 Å². The molecule has 3 unspecified atom stereocenters. The maximum absolute atomic E-state index is 13.1. The molecule has 33 heavy (non-hydrogen) atoms. The molecule has 0 aliphatic rings. The molecule has 0 saturated carbocycles. The normalized spacial score (nSPS) is 14.8. The number of benzene rings is 1. The molecule has 0 saturated heterocycles. The number of nitrogens with one attached hydrogen (secondary N) is 3. The van der Waals surface area contributed by atoms with Crippen molar-refractivity contribution in [1.29, 1.82) is 0 Å². The van der Waals surface area contributed by atoms with E-state index < -0.39 is 34.1 Å². The SMILES string of the molecule is CNCC(=O)NC(C(=O)NC(Cc1ccccc1)C(O)CN(CC(C)C)S(C)(=O)=O)C(C)C. The molecule has 3 atom stereocenters. The second-order valence-electron chi connectivity index (χ2n) is 9.17. The van der Waals surface area contributed by atoms with Gasteiger partial charge in [0.15, 0.2) is 0 Å². The largest absolute Gasteiger partial charge is 0.390 e. The van der Waals surface area contributed by atoms with Crippen LogP contribution in [-0.4, -0.2) is 80.8 Å². The van der Waals surface area contributed by atoms with Crippen molar-refractivity contribution in [3.63, 3.8) is 0 Å². The van der Waals surface area contributed by atoms with Gasteiger partial charge >= 0.3 is 0 Å². The van der Waals surface area contributed by atoms with Gasteiger partial charge in [0.1, 0.15) is 6.04 Å². The number of aliphatic hydroxyl groups is 1. The van der Waals surface area contributed by atoms with Gasteiger partial charge in [0.25, 0.3) is 0 Å². The van der Waals surface area contributed by atoms with E-state index in [4.69, 9.17) is 0 Å². The Morgan fingerprint density at radius 2 is 1.64 bits per heavy atom. The number of amides is 2. The Bertz CT molecular complexity index is 846. The molecule has 0 bridgehead atoms. The molecule has 0 aromatic heterocycles. The van der Waals surface area contributed by atoms with E-state index in [9.17, 15) is 23.1 Å². The van der Waals surface area contributed by atoms with E-state index in [1.54, 1.807) is 7.05 Å². The second-order valence-corrected chi connectivity index (χ2v) is 11.1. The molecule has 2 amide bonds. The highest BCUT2D eigenvalue weighted by Gasteiger charge is 2.31. The quantitative estimate of drug-likeness (QED) is 0.302. The summed E-state index contributed by atoms with van der Waals surface area (Å²) in [4.78, 5) is 25.2. The van der Waals surface area contributed by atoms with Gasteiger partial charge in [-0.25, -0.2) is 8.42 Å². The maximum atomic E-state index is 13.1. The van der Waals surface area contributed by atoms with Crippen LogP contribution in [0.25, 0.3) is 0 Å². The molecule has 4 N–H and O–H groups in total. The summed E-state index contributed by atoms with van der Waals surface area (Å²) in [5.74, 6) is -0.855. The molecular formula is C23H40N4O5S. The predicted molar refractivity (Wildman–Crippen MR) is 130 cm³/mol. The number of likely N-dealkylation sites (N-methyl/N-ethyl adjacent to an activating group) is 1. The Balaban J connectivity index is 3.12. The Morgan fingerprint density at radius 1 is 1.03 bits per heavy atom. The molecule has 0 aliphatic heterocycles. The number of carbonyl (C=O) groups excluding carboxylic acids is 2. The first-order valence-corrected chi connectivity index (χ1v) is 13.1. The van der Waals surface area contributed by atoms with Crippen molar-refractivity contribution in [3.05, 3.63) is 35.9 Å². The lowest BCUT2D eigenvalue weighted by molar-refractivity contribution is -0.130. The summed E-state index contributed by atoms with van der Waals surface area (Å²) in [6.07, 6.45) is 0.268. The molecule has 10 heteroatoms. The molecule has 9 nitrogen and oxygen atoms in total. The monoisotopic (exact) mass is 484 g/mol. The summed E-state index contributed by atoms with van der Waals surface area (Å²) >= 11 is 0. The average Bonchev–Trinajstić information content (AvgIpc) is 2.70. The Kier molecular flexibility index (Phi) is 12.0. The van der Waals surface area contributed by atoms with E-state index in [1.807, 2.05) is 58.0 Å². The summed E-state index contributed by atoms with van der Waals surface area (Å²) in [5, 5.41) is 19.4. The van der Waals surface area contributed by atoms with Crippen LogP contribution >= 0.6 is 0 Å². The summed E-state index contributed by atoms with van der Waals surface area (Å²) in [5.41, 5.74) is 0.886. The van der Waals surface area contributed by atoms with Gasteiger partial charge in [0.2, 0.25) is 21.8 Å². The van der Waals surface area contributed by atoms with Gasteiger partial charge in [-0.05, 0) is 30.9 Å². The minimum Gasteiger partial charge on any atom is -0.390 e. The number of sulfonamides is 1. The Morgan fingerprint density at radius 3 is 2.12 bits per heavy atom. The fraction of sp³-hybridized carbons (Fsp3) is 0.652. The Labute approximate surface area is 198 Å². The van der Waals surface area contributed by atoms with Gasteiger partial charge in [0, 0.05) is 13.1 Å². The predicted octanol–water partition coefficient (Wildman–Crippen LogP) is 0.353. The van der Waals surface area contributed by atoms with Gasteiger partial charge in [-0.2, -0.15) is 4.31 Å². The number of aliphatic hydroxyl groups excluding tert-OH is 1. The zero-order chi connectivity index (χ0) is 25.2. The van der Waals surface area contributed by atoms with Crippen LogP contribution in [0.4, 0.5) is 0 Å². The molecular weight excluding hydrogens is 444 g/mol. The molecule has 0 heterocycles. The van der Waals surface area contributed by atoms with Crippen LogP contribution in [0.2, 0.25) is 0 Å². The highest BCUT2D eigenvalue weighted by molar-refractivity contribution is 7.88. The first kappa shape index (κ1) is 29.0. The lowest BCUT2D eigenvalue weighted by Gasteiger charge is -2.31. The number of nitrogens with zero attached hydrogens (tertiary/aromatic N) is 1. The molecule has 1 aromatic rings. The van der Waals surface area contributed by atoms with E-state index in [-0.39, 0.29) is 37.4 Å². The summed E-state index contributed by atoms with van der Waals surface area (Å²) in [7, 11) is -1.91. The fourth-order valence-corrected chi connectivity index (χ4v) is 4.42. The highest BCUT2D eigenvalue weighted by Crippen LogP contribution is 2.12. The van der Waals surface area contributed by atoms with Crippen LogP contribution in [0.1, 0.15) is 33.3 Å². The van der Waals surface area contributed by atoms with Crippen LogP contribution in [-0.2, 0) is 26.0 Å². The molecule has 1 rings (SSSR count). The van der Waals surface area contributed by atoms with Gasteiger partial charge in [-0.15, -0.1) is 0 Å². The zero-order valence-corrected chi connectivity index (χ0v) is 21.4. The van der Waals surface area contributed by atoms with Gasteiger partial charge < -0.3 is 21.1 Å². The minimum absolute atomic E-state index is 0.0711. The van der Waals surface area contributed by atoms with Crippen molar-refractivity contribution in [1.82, 2.24) is 20.3 Å². The van der Waals surface area contributed by atoms with Crippen molar-refractivity contribution in [2.75, 3.05) is 32.9 Å². The molecule has 0 radical (unpaired) electrons. The third-order valence-electron chi connectivity index (χ3n) is 5.12. The van der Waals surface area contributed by atoms with Gasteiger partial charge in [-0.1, -0.05) is 58.0 Å². The Hall–Kier alpha value is -2.01. The first-order valence-electron chi connectivity index (χ1n) is 11.3. The van der Waals surface area contributed by atoms with E-state index in [0.717, 1.165) is 11.8 Å². The van der Waals surface area contributed by atoms with Gasteiger partial charge in [0.05, 0.1) is 24.9 Å². The van der Waals surface area contributed by atoms with E-state index in [1.165, 1.54) is 4.31 Å². The van der Waals surface area contributed by atoms with Crippen LogP contribution in [0, 0.1) is 11.8 Å². The van der Waals surface area contributed by atoms with Crippen molar-refractivity contribution < 1.29 is 23.1 Å². The number of rotatable bonds is 14. The number of hydrogen-bond donors (Lipinski definition) is 4. The van der Waals surface area contributed by atoms with Crippen LogP contribution < -0.4 is 16.0 Å². The molecule has 0 spiro atoms. The maximum Gasteiger partial charge on any atom is 0.243 e. The van der Waals surface area contributed by atoms with Crippen molar-refractivity contribution in [2.24, 2.45) is 11.8 Å². The number of hydrogen-bond acceptors (Lipinski definition) is 6. The standard InChI is InChI=1S/C23H40N4O5S/c1-16(2)14-27(33(6,31)32)15-20(28)19(12-18-10-8-7-9-11-18)25-23(30)22(17(3)4)26-21(29)13-24-5/h7-11,16-17,19-20,22,24,28H,12-15H2,1-6H3,(H,25,30)(H,26,29). The molecule has 1 aromatic carbocycles. The lowest BCUT2D eigenvalue weighted by Crippen LogP contribution is -2.57. The summed E-state index contributed by atoms with van der Waals surface area (Å²) in [6, 6.07) is 7.80. The average molecular weight is 485 g/mol. The van der Waals surface area contributed by atoms with Crippen LogP contribution in [0.5, 0.6) is 0 Å². The number of carbonyl (C=O) groups is 2. The van der Waals surface area contributed by atoms with Crippen molar-refractivity contribution >= 4 is 21.8 Å². The van der Waals surface area contributed by atoms with Crippen LogP contribution in [0.15, 0.2) is 30.3 Å². The van der Waals surface area contributed by atoms with Gasteiger partial charge in [-0.3, -0.25) is 9.59 Å². The fourth-order valence-electron chi connectivity index (χ4n) is 3.43. The third kappa shape index (κ3) is 10.6. The van der Waals surface area contributed by atoms with Crippen molar-refractivity contribution in [3.8, 4) is 0 Å². The van der Waals surface area contributed by atoms with Crippen LogP contribution in [0.3, 0.4) is 0 Å².